The number of amides is 1. The number of aromatic nitrogens is 1. The first-order chi connectivity index (χ1) is 10.1. The van der Waals surface area contributed by atoms with Crippen molar-refractivity contribution in [3.8, 4) is 0 Å². The van der Waals surface area contributed by atoms with Gasteiger partial charge in [0.1, 0.15) is 5.82 Å². The van der Waals surface area contributed by atoms with Gasteiger partial charge in [-0.2, -0.15) is 0 Å². The number of nitrogens with zero attached hydrogens (tertiary/aromatic N) is 1. The molecule has 112 valence electrons. The highest BCUT2D eigenvalue weighted by atomic mass is 32.1. The molecule has 2 rings (SSSR count). The van der Waals surface area contributed by atoms with E-state index in [0.29, 0.717) is 11.4 Å². The summed E-state index contributed by atoms with van der Waals surface area (Å²) in [5, 5.41) is 8.15. The number of hydrogen-bond acceptors (Lipinski definition) is 4. The third-order valence-corrected chi connectivity index (χ3v) is 4.23. The summed E-state index contributed by atoms with van der Waals surface area (Å²) < 4.78 is 0. The van der Waals surface area contributed by atoms with Crippen molar-refractivity contribution < 1.29 is 4.79 Å². The fraction of sp³-hybridized carbons (Fsp3) is 0.375. The quantitative estimate of drug-likeness (QED) is 0.854. The molecule has 0 spiro atoms. The number of aryl methyl sites for hydroxylation is 1. The van der Waals surface area contributed by atoms with Gasteiger partial charge in [0.2, 0.25) is 0 Å². The average molecular weight is 303 g/mol. The molecule has 0 fully saturated rings. The van der Waals surface area contributed by atoms with Crippen molar-refractivity contribution >= 4 is 23.1 Å². The van der Waals surface area contributed by atoms with Crippen LogP contribution in [0.3, 0.4) is 0 Å². The van der Waals surface area contributed by atoms with Crippen molar-refractivity contribution in [1.82, 2.24) is 10.3 Å². The van der Waals surface area contributed by atoms with Gasteiger partial charge >= 0.3 is 0 Å². The molecule has 0 aliphatic carbocycles. The number of pyridine rings is 1. The topological polar surface area (TPSA) is 54.0 Å². The lowest BCUT2D eigenvalue weighted by atomic mass is 10.1. The van der Waals surface area contributed by atoms with E-state index in [1.165, 1.54) is 4.88 Å². The van der Waals surface area contributed by atoms with Crippen molar-refractivity contribution in [1.29, 1.82) is 0 Å². The molecule has 0 saturated heterocycles. The molecule has 0 aromatic carbocycles. The molecule has 2 aromatic rings. The Morgan fingerprint density at radius 3 is 2.86 bits per heavy atom. The first-order valence-corrected chi connectivity index (χ1v) is 8.02. The van der Waals surface area contributed by atoms with E-state index in [1.807, 2.05) is 24.4 Å². The summed E-state index contributed by atoms with van der Waals surface area (Å²) in [7, 11) is 1.80. The van der Waals surface area contributed by atoms with Crippen molar-refractivity contribution in [2.24, 2.45) is 0 Å². The number of carbonyl (C=O) groups is 1. The van der Waals surface area contributed by atoms with Crippen LogP contribution in [0.25, 0.3) is 0 Å². The summed E-state index contributed by atoms with van der Waals surface area (Å²) in [4.78, 5) is 18.0. The van der Waals surface area contributed by atoms with Crippen LogP contribution in [-0.2, 0) is 0 Å². The predicted octanol–water partition coefficient (Wildman–Crippen LogP) is 3.76. The number of hydrogen-bond donors (Lipinski definition) is 2. The second-order valence-corrected chi connectivity index (χ2v) is 5.94. The standard InChI is InChI=1S/C16H21N3OS/c1-4-6-13(14-7-5-8-21-14)19-16(20)12-9-11(2)18-15(10-12)17-3/h5,7-10,13H,4,6H2,1-3H3,(H,17,18)(H,19,20). The number of thiophene rings is 1. The zero-order valence-corrected chi connectivity index (χ0v) is 13.5. The van der Waals surface area contributed by atoms with Crippen LogP contribution in [-0.4, -0.2) is 17.9 Å². The highest BCUT2D eigenvalue weighted by Gasteiger charge is 2.16. The van der Waals surface area contributed by atoms with Gasteiger partial charge in [-0.15, -0.1) is 11.3 Å². The maximum Gasteiger partial charge on any atom is 0.251 e. The minimum atomic E-state index is -0.0520. The molecule has 0 aliphatic heterocycles. The third-order valence-electron chi connectivity index (χ3n) is 3.24. The lowest BCUT2D eigenvalue weighted by molar-refractivity contribution is 0.0935. The van der Waals surface area contributed by atoms with Gasteiger partial charge in [-0.25, -0.2) is 4.98 Å². The smallest absolute Gasteiger partial charge is 0.251 e. The minimum absolute atomic E-state index is 0.0520. The molecule has 0 saturated carbocycles. The van der Waals surface area contributed by atoms with Crippen molar-refractivity contribution in [2.45, 2.75) is 32.7 Å². The monoisotopic (exact) mass is 303 g/mol. The van der Waals surface area contributed by atoms with Crippen LogP contribution in [0.2, 0.25) is 0 Å². The average Bonchev–Trinajstić information content (AvgIpc) is 3.00. The Bertz CT molecular complexity index is 596. The van der Waals surface area contributed by atoms with Gasteiger partial charge in [0.15, 0.2) is 0 Å². The van der Waals surface area contributed by atoms with E-state index in [2.05, 4.69) is 28.6 Å². The SMILES string of the molecule is CCCC(NC(=O)c1cc(C)nc(NC)c1)c1cccs1. The maximum atomic E-state index is 12.5. The number of carbonyl (C=O) groups excluding carboxylic acids is 1. The molecule has 1 atom stereocenters. The van der Waals surface area contributed by atoms with Crippen molar-refractivity contribution in [3.63, 3.8) is 0 Å². The Kier molecular flexibility index (Phi) is 5.33. The van der Waals surface area contributed by atoms with E-state index < -0.39 is 0 Å². The Morgan fingerprint density at radius 1 is 1.43 bits per heavy atom. The molecule has 4 nitrogen and oxygen atoms in total. The van der Waals surface area contributed by atoms with E-state index >= 15 is 0 Å². The molecular formula is C16H21N3OS. The largest absolute Gasteiger partial charge is 0.373 e. The van der Waals surface area contributed by atoms with Gasteiger partial charge in [0.05, 0.1) is 6.04 Å². The molecule has 1 amide bonds. The molecule has 2 aromatic heterocycles. The van der Waals surface area contributed by atoms with Crippen LogP contribution >= 0.6 is 11.3 Å². The van der Waals surface area contributed by atoms with Crippen LogP contribution in [0.15, 0.2) is 29.6 Å². The van der Waals surface area contributed by atoms with Gasteiger partial charge in [0.25, 0.3) is 5.91 Å². The van der Waals surface area contributed by atoms with E-state index in [1.54, 1.807) is 24.5 Å². The highest BCUT2D eigenvalue weighted by molar-refractivity contribution is 7.10. The van der Waals surface area contributed by atoms with Gasteiger partial charge in [-0.1, -0.05) is 19.4 Å². The van der Waals surface area contributed by atoms with E-state index in [9.17, 15) is 4.79 Å². The molecule has 2 heterocycles. The molecule has 0 aliphatic rings. The molecule has 2 N–H and O–H groups in total. The molecule has 5 heteroatoms. The van der Waals surface area contributed by atoms with Crippen LogP contribution < -0.4 is 10.6 Å². The van der Waals surface area contributed by atoms with E-state index in [4.69, 9.17) is 0 Å². The summed E-state index contributed by atoms with van der Waals surface area (Å²) in [6.07, 6.45) is 1.97. The Hall–Kier alpha value is -1.88. The van der Waals surface area contributed by atoms with Crippen LogP contribution in [0.1, 0.15) is 46.7 Å². The second-order valence-electron chi connectivity index (χ2n) is 4.96. The van der Waals surface area contributed by atoms with Crippen LogP contribution in [0.4, 0.5) is 5.82 Å². The van der Waals surface area contributed by atoms with E-state index in [-0.39, 0.29) is 11.9 Å². The molecule has 0 bridgehead atoms. The minimum Gasteiger partial charge on any atom is -0.373 e. The normalized spacial score (nSPS) is 12.0. The maximum absolute atomic E-state index is 12.5. The van der Waals surface area contributed by atoms with Crippen molar-refractivity contribution in [3.05, 3.63) is 45.8 Å². The first-order valence-electron chi connectivity index (χ1n) is 7.14. The second kappa shape index (κ2) is 7.22. The lowest BCUT2D eigenvalue weighted by Gasteiger charge is -2.17. The van der Waals surface area contributed by atoms with E-state index in [0.717, 1.165) is 18.5 Å². The van der Waals surface area contributed by atoms with Gasteiger partial charge in [-0.05, 0) is 36.9 Å². The molecular weight excluding hydrogens is 282 g/mol. The summed E-state index contributed by atoms with van der Waals surface area (Å²) in [5.74, 6) is 0.659. The third kappa shape index (κ3) is 4.04. The number of rotatable bonds is 6. The van der Waals surface area contributed by atoms with Gasteiger partial charge in [-0.3, -0.25) is 4.79 Å². The summed E-state index contributed by atoms with van der Waals surface area (Å²) in [6.45, 7) is 4.02. The Morgan fingerprint density at radius 2 is 2.24 bits per heavy atom. The summed E-state index contributed by atoms with van der Waals surface area (Å²) in [6, 6.07) is 7.76. The molecule has 0 radical (unpaired) electrons. The fourth-order valence-electron chi connectivity index (χ4n) is 2.23. The predicted molar refractivity (Wildman–Crippen MR) is 88.0 cm³/mol. The lowest BCUT2D eigenvalue weighted by Crippen LogP contribution is -2.28. The molecule has 1 unspecified atom stereocenters. The van der Waals surface area contributed by atoms with Crippen LogP contribution in [0, 0.1) is 6.92 Å². The van der Waals surface area contributed by atoms with Crippen LogP contribution in [0.5, 0.6) is 0 Å². The fourth-order valence-corrected chi connectivity index (χ4v) is 3.05. The number of anilines is 1. The summed E-state index contributed by atoms with van der Waals surface area (Å²) >= 11 is 1.68. The first kappa shape index (κ1) is 15.5. The highest BCUT2D eigenvalue weighted by Crippen LogP contribution is 2.24. The van der Waals surface area contributed by atoms with Gasteiger partial charge in [0, 0.05) is 23.2 Å². The summed E-state index contributed by atoms with van der Waals surface area (Å²) in [5.41, 5.74) is 1.47. The van der Waals surface area contributed by atoms with Crippen molar-refractivity contribution in [2.75, 3.05) is 12.4 Å². The van der Waals surface area contributed by atoms with Gasteiger partial charge < -0.3 is 10.6 Å². The molecule has 21 heavy (non-hydrogen) atoms. The Balaban J connectivity index is 2.17. The zero-order valence-electron chi connectivity index (χ0n) is 12.6. The zero-order chi connectivity index (χ0) is 15.2. The number of nitrogens with one attached hydrogen (secondary N) is 2. The Labute approximate surface area is 129 Å².